The molecule has 5 fully saturated rings. The van der Waals surface area contributed by atoms with Gasteiger partial charge in [-0.15, -0.1) is 0 Å². The Kier molecular flexibility index (Phi) is 4.85. The molecule has 0 heterocycles. The van der Waals surface area contributed by atoms with Gasteiger partial charge >= 0.3 is 0 Å². The number of Topliss-reactive ketones (excluding diaryl/α,β-unsaturated/α-hetero) is 1. The lowest BCUT2D eigenvalue weighted by molar-refractivity contribution is -0.275. The summed E-state index contributed by atoms with van der Waals surface area (Å²) in [6, 6.07) is 0. The number of fused-ring (bicyclic) bond motifs is 7. The molecule has 0 amide bonds. The molecule has 10 atom stereocenters. The lowest BCUT2D eigenvalue weighted by Crippen LogP contribution is -2.70. The smallest absolute Gasteiger partial charge is 0.136 e. The SMILES string of the molecule is C[C@H]1C(=O)CC[C@H]2[C@]3(C)CC[C@@]4(C)[C@@H]5CC(C)(C)CC[C@]5(C)CC[C@]4(C)[C@@H]3C[C@@H](O)[C@]12C. The molecule has 5 rings (SSSR count). The molecular weight excluding hydrogens is 392 g/mol. The summed E-state index contributed by atoms with van der Waals surface area (Å²) in [5.41, 5.74) is 1.58. The molecule has 5 aliphatic carbocycles. The highest BCUT2D eigenvalue weighted by Gasteiger charge is 2.72. The largest absolute Gasteiger partial charge is 0.393 e. The van der Waals surface area contributed by atoms with Gasteiger partial charge in [-0.2, -0.15) is 0 Å². The van der Waals surface area contributed by atoms with Gasteiger partial charge in [0, 0.05) is 17.8 Å². The molecule has 0 radical (unpaired) electrons. The van der Waals surface area contributed by atoms with Gasteiger partial charge in [0.25, 0.3) is 0 Å². The molecule has 0 aromatic carbocycles. The van der Waals surface area contributed by atoms with Crippen LogP contribution in [-0.4, -0.2) is 17.0 Å². The van der Waals surface area contributed by atoms with Crippen molar-refractivity contribution in [1.82, 2.24) is 0 Å². The highest BCUT2D eigenvalue weighted by Crippen LogP contribution is 2.78. The normalized spacial score (nSPS) is 59.4. The maximum atomic E-state index is 12.7. The number of hydrogen-bond acceptors (Lipinski definition) is 2. The molecule has 0 spiro atoms. The van der Waals surface area contributed by atoms with Crippen LogP contribution in [-0.2, 0) is 4.79 Å². The van der Waals surface area contributed by atoms with E-state index in [9.17, 15) is 9.90 Å². The second kappa shape index (κ2) is 6.64. The predicted octanol–water partition coefficient (Wildman–Crippen LogP) is 7.43. The Labute approximate surface area is 197 Å². The zero-order valence-electron chi connectivity index (χ0n) is 22.3. The van der Waals surface area contributed by atoms with Crippen LogP contribution in [0.5, 0.6) is 0 Å². The summed E-state index contributed by atoms with van der Waals surface area (Å²) in [6.07, 6.45) is 11.7. The predicted molar refractivity (Wildman–Crippen MR) is 131 cm³/mol. The Morgan fingerprint density at radius 2 is 1.38 bits per heavy atom. The summed E-state index contributed by atoms with van der Waals surface area (Å²) >= 11 is 0. The van der Waals surface area contributed by atoms with Crippen molar-refractivity contribution in [3.8, 4) is 0 Å². The van der Waals surface area contributed by atoms with E-state index in [1.807, 2.05) is 0 Å². The molecule has 1 N–H and O–H groups in total. The highest BCUT2D eigenvalue weighted by atomic mass is 16.3. The number of carbonyl (C=O) groups is 1. The Morgan fingerprint density at radius 3 is 2.06 bits per heavy atom. The number of ketones is 1. The Balaban J connectivity index is 1.58. The molecule has 2 heteroatoms. The molecule has 2 nitrogen and oxygen atoms in total. The van der Waals surface area contributed by atoms with Crippen LogP contribution in [0.15, 0.2) is 0 Å². The standard InChI is InChI=1S/C30H50O2/c1-19-20(31)9-10-21-27(5)14-16-29(7)23-18-25(2,3)11-12-26(23,4)13-15-28(29,6)22(27)17-24(32)30(19,21)8/h19,21-24,32H,9-18H2,1-8H3/t19-,21-,22+,23+,24+,26+,27-,28+,29-,30+/m0/s1. The van der Waals surface area contributed by atoms with E-state index in [1.165, 1.54) is 44.9 Å². The van der Waals surface area contributed by atoms with Crippen molar-refractivity contribution in [3.05, 3.63) is 0 Å². The van der Waals surface area contributed by atoms with Crippen LogP contribution in [0.25, 0.3) is 0 Å². The fourth-order valence-corrected chi connectivity index (χ4v) is 11.1. The van der Waals surface area contributed by atoms with Crippen molar-refractivity contribution >= 4 is 5.78 Å². The van der Waals surface area contributed by atoms with Gasteiger partial charge in [-0.25, -0.2) is 0 Å². The molecule has 32 heavy (non-hydrogen) atoms. The monoisotopic (exact) mass is 442 g/mol. The summed E-state index contributed by atoms with van der Waals surface area (Å²) in [4.78, 5) is 12.7. The van der Waals surface area contributed by atoms with E-state index in [-0.39, 0.29) is 28.3 Å². The lowest BCUT2D eigenvalue weighted by Gasteiger charge is -2.75. The number of aliphatic hydroxyl groups is 1. The second-order valence-electron chi connectivity index (χ2n) is 15.4. The first-order chi connectivity index (χ1) is 14.6. The lowest BCUT2D eigenvalue weighted by atomic mass is 9.30. The van der Waals surface area contributed by atoms with Gasteiger partial charge in [-0.3, -0.25) is 4.79 Å². The molecule has 0 unspecified atom stereocenters. The van der Waals surface area contributed by atoms with Crippen LogP contribution < -0.4 is 0 Å². The van der Waals surface area contributed by atoms with E-state index < -0.39 is 0 Å². The third kappa shape index (κ3) is 2.66. The van der Waals surface area contributed by atoms with E-state index >= 15 is 0 Å². The molecule has 5 aliphatic rings. The van der Waals surface area contributed by atoms with Gasteiger partial charge in [-0.1, -0.05) is 55.4 Å². The fraction of sp³-hybridized carbons (Fsp3) is 0.967. The van der Waals surface area contributed by atoms with Gasteiger partial charge in [0.05, 0.1) is 6.10 Å². The van der Waals surface area contributed by atoms with Crippen molar-refractivity contribution in [1.29, 1.82) is 0 Å². The summed E-state index contributed by atoms with van der Waals surface area (Å²) in [5.74, 6) is 2.20. The summed E-state index contributed by atoms with van der Waals surface area (Å²) in [6.45, 7) is 19.9. The molecule has 182 valence electrons. The first-order valence-electron chi connectivity index (χ1n) is 13.8. The molecule has 0 saturated heterocycles. The first-order valence-corrected chi connectivity index (χ1v) is 13.8. The van der Waals surface area contributed by atoms with Crippen LogP contribution in [0.2, 0.25) is 0 Å². The van der Waals surface area contributed by atoms with Crippen LogP contribution in [0.4, 0.5) is 0 Å². The van der Waals surface area contributed by atoms with Crippen LogP contribution >= 0.6 is 0 Å². The van der Waals surface area contributed by atoms with Crippen LogP contribution in [0, 0.1) is 56.2 Å². The number of rotatable bonds is 0. The van der Waals surface area contributed by atoms with Gasteiger partial charge in [0.2, 0.25) is 0 Å². The Bertz CT molecular complexity index is 816. The zero-order valence-corrected chi connectivity index (χ0v) is 22.3. The number of carbonyl (C=O) groups excluding carboxylic acids is 1. The van der Waals surface area contributed by atoms with Crippen molar-refractivity contribution in [2.45, 2.75) is 126 Å². The molecular formula is C30H50O2. The van der Waals surface area contributed by atoms with Gasteiger partial charge in [-0.05, 0) is 103 Å². The minimum Gasteiger partial charge on any atom is -0.393 e. The second-order valence-corrected chi connectivity index (χ2v) is 15.4. The Morgan fingerprint density at radius 1 is 0.781 bits per heavy atom. The zero-order chi connectivity index (χ0) is 23.5. The van der Waals surface area contributed by atoms with Crippen LogP contribution in [0.1, 0.15) is 120 Å². The number of hydrogen-bond donors (Lipinski definition) is 1. The Hall–Kier alpha value is -0.370. The summed E-state index contributed by atoms with van der Waals surface area (Å²) in [5, 5.41) is 11.7. The van der Waals surface area contributed by atoms with Crippen molar-refractivity contribution in [2.75, 3.05) is 0 Å². The van der Waals surface area contributed by atoms with Crippen molar-refractivity contribution in [2.24, 2.45) is 56.2 Å². The molecule has 0 aliphatic heterocycles. The van der Waals surface area contributed by atoms with Gasteiger partial charge < -0.3 is 5.11 Å². The average Bonchev–Trinajstić information content (AvgIpc) is 2.72. The average molecular weight is 443 g/mol. The van der Waals surface area contributed by atoms with Crippen molar-refractivity contribution < 1.29 is 9.90 Å². The third-order valence-electron chi connectivity index (χ3n) is 13.8. The van der Waals surface area contributed by atoms with Gasteiger partial charge in [0.15, 0.2) is 0 Å². The summed E-state index contributed by atoms with van der Waals surface area (Å²) in [7, 11) is 0. The van der Waals surface area contributed by atoms with E-state index in [4.69, 9.17) is 0 Å². The maximum absolute atomic E-state index is 12.7. The minimum atomic E-state index is -0.347. The van der Waals surface area contributed by atoms with E-state index in [2.05, 4.69) is 55.4 Å². The molecule has 0 aromatic heterocycles. The first kappa shape index (κ1) is 23.4. The molecule has 0 aromatic rings. The third-order valence-corrected chi connectivity index (χ3v) is 13.8. The summed E-state index contributed by atoms with van der Waals surface area (Å²) < 4.78 is 0. The quantitative estimate of drug-likeness (QED) is 0.423. The minimum absolute atomic E-state index is 0.0102. The van der Waals surface area contributed by atoms with E-state index in [0.717, 1.165) is 25.2 Å². The van der Waals surface area contributed by atoms with Crippen LogP contribution in [0.3, 0.4) is 0 Å². The van der Waals surface area contributed by atoms with Gasteiger partial charge in [0.1, 0.15) is 5.78 Å². The molecule has 5 saturated carbocycles. The fourth-order valence-electron chi connectivity index (χ4n) is 11.1. The highest BCUT2D eigenvalue weighted by molar-refractivity contribution is 5.82. The topological polar surface area (TPSA) is 37.3 Å². The number of aliphatic hydroxyl groups excluding tert-OH is 1. The van der Waals surface area contributed by atoms with E-state index in [0.29, 0.717) is 33.9 Å². The maximum Gasteiger partial charge on any atom is 0.136 e. The van der Waals surface area contributed by atoms with E-state index in [1.54, 1.807) is 0 Å². The van der Waals surface area contributed by atoms with Crippen molar-refractivity contribution in [3.63, 3.8) is 0 Å². The molecule has 0 bridgehead atoms.